The zero-order chi connectivity index (χ0) is 16.7. The Bertz CT molecular complexity index is 993. The minimum atomic E-state index is -0.697. The van der Waals surface area contributed by atoms with E-state index in [0.29, 0.717) is 10.3 Å². The van der Waals surface area contributed by atoms with Gasteiger partial charge in [-0.25, -0.2) is 9.18 Å². The van der Waals surface area contributed by atoms with Gasteiger partial charge in [-0.1, -0.05) is 18.5 Å². The van der Waals surface area contributed by atoms with Gasteiger partial charge in [-0.15, -0.1) is 11.3 Å². The van der Waals surface area contributed by atoms with Crippen LogP contribution in [0.5, 0.6) is 0 Å². The first-order chi connectivity index (χ1) is 11.0. The predicted octanol–water partition coefficient (Wildman–Crippen LogP) is 4.05. The number of aromatic nitrogens is 1. The predicted molar refractivity (Wildman–Crippen MR) is 89.4 cm³/mol. The molecule has 0 saturated heterocycles. The number of ether oxygens (including phenoxy) is 1. The molecular weight excluding hydrogens is 341 g/mol. The van der Waals surface area contributed by atoms with E-state index in [0.717, 1.165) is 0 Å². The number of fused-ring (bicyclic) bond motifs is 3. The van der Waals surface area contributed by atoms with Crippen LogP contribution in [0.1, 0.15) is 29.8 Å². The van der Waals surface area contributed by atoms with Crippen molar-refractivity contribution in [2.24, 2.45) is 0 Å². The summed E-state index contributed by atoms with van der Waals surface area (Å²) in [6, 6.07) is 1.42. The molecule has 23 heavy (non-hydrogen) atoms. The van der Waals surface area contributed by atoms with Crippen molar-refractivity contribution in [3.05, 3.63) is 49.8 Å². The summed E-state index contributed by atoms with van der Waals surface area (Å²) >= 11 is 7.21. The molecule has 0 bridgehead atoms. The van der Waals surface area contributed by atoms with Crippen LogP contribution in [0.4, 0.5) is 4.39 Å². The lowest BCUT2D eigenvalue weighted by atomic mass is 10.0. The van der Waals surface area contributed by atoms with E-state index < -0.39 is 17.2 Å². The largest absolute Gasteiger partial charge is 0.462 e. The zero-order valence-corrected chi connectivity index (χ0v) is 14.1. The lowest BCUT2D eigenvalue weighted by molar-refractivity contribution is 0.0527. The van der Waals surface area contributed by atoms with Crippen molar-refractivity contribution in [3.63, 3.8) is 0 Å². The van der Waals surface area contributed by atoms with Crippen molar-refractivity contribution in [3.8, 4) is 0 Å². The van der Waals surface area contributed by atoms with E-state index in [1.54, 1.807) is 29.8 Å². The van der Waals surface area contributed by atoms with E-state index >= 15 is 0 Å². The number of benzene rings is 1. The molecule has 0 radical (unpaired) electrons. The molecule has 0 atom stereocenters. The molecule has 3 rings (SSSR count). The molecule has 7 heteroatoms. The number of aryl methyl sites for hydroxylation is 1. The van der Waals surface area contributed by atoms with Crippen molar-refractivity contribution in [2.45, 2.75) is 20.3 Å². The number of pyridine rings is 1. The number of halogens is 2. The van der Waals surface area contributed by atoms with Crippen molar-refractivity contribution >= 4 is 44.6 Å². The highest BCUT2D eigenvalue weighted by molar-refractivity contribution is 7.16. The van der Waals surface area contributed by atoms with Crippen LogP contribution in [0.25, 0.3) is 15.7 Å². The Kier molecular flexibility index (Phi) is 4.12. The second-order valence-electron chi connectivity index (χ2n) is 4.90. The van der Waals surface area contributed by atoms with Gasteiger partial charge >= 0.3 is 5.97 Å². The molecule has 4 nitrogen and oxygen atoms in total. The molecule has 0 spiro atoms. The summed E-state index contributed by atoms with van der Waals surface area (Å²) in [6.07, 6.45) is 2.01. The summed E-state index contributed by atoms with van der Waals surface area (Å²) in [4.78, 5) is 25.6. The van der Waals surface area contributed by atoms with Gasteiger partial charge < -0.3 is 9.14 Å². The topological polar surface area (TPSA) is 47.8 Å². The Balaban J connectivity index is 2.57. The number of nitrogens with zero attached hydrogens (tertiary/aromatic N) is 1. The molecule has 0 aliphatic rings. The molecule has 0 amide bonds. The fourth-order valence-electron chi connectivity index (χ4n) is 2.69. The SMILES string of the molecule is CCOC(=O)c1c(=O)c2c(CC)c(F)c(Cl)cc2n2ccsc12. The first kappa shape index (κ1) is 16.0. The van der Waals surface area contributed by atoms with Crippen molar-refractivity contribution in [2.75, 3.05) is 6.61 Å². The van der Waals surface area contributed by atoms with Crippen LogP contribution in [0.15, 0.2) is 22.4 Å². The van der Waals surface area contributed by atoms with E-state index in [1.807, 2.05) is 0 Å². The molecule has 0 saturated carbocycles. The summed E-state index contributed by atoms with van der Waals surface area (Å²) in [5, 5.41) is 1.88. The standard InChI is InChI=1S/C16H13ClFNO3S/c1-3-8-11-10(7-9(17)13(8)18)19-5-6-23-15(19)12(14(11)20)16(21)22-4-2/h5-7H,3-4H2,1-2H3. The maximum Gasteiger partial charge on any atom is 0.345 e. The van der Waals surface area contributed by atoms with E-state index in [4.69, 9.17) is 16.3 Å². The Hall–Kier alpha value is -1.92. The molecule has 0 aliphatic carbocycles. The molecule has 3 aromatic rings. The van der Waals surface area contributed by atoms with Gasteiger partial charge in [0.2, 0.25) is 5.43 Å². The lowest BCUT2D eigenvalue weighted by Gasteiger charge is -2.12. The molecule has 0 fully saturated rings. The molecule has 120 valence electrons. The Morgan fingerprint density at radius 3 is 2.83 bits per heavy atom. The minimum Gasteiger partial charge on any atom is -0.462 e. The summed E-state index contributed by atoms with van der Waals surface area (Å²) in [5.74, 6) is -1.32. The van der Waals surface area contributed by atoms with Crippen molar-refractivity contribution < 1.29 is 13.9 Å². The van der Waals surface area contributed by atoms with Gasteiger partial charge in [0.05, 0.1) is 22.5 Å². The van der Waals surface area contributed by atoms with E-state index in [1.165, 1.54) is 17.4 Å². The number of thiazole rings is 1. The highest BCUT2D eigenvalue weighted by atomic mass is 35.5. The molecule has 0 N–H and O–H groups in total. The van der Waals surface area contributed by atoms with E-state index in [9.17, 15) is 14.0 Å². The zero-order valence-electron chi connectivity index (χ0n) is 12.5. The van der Waals surface area contributed by atoms with Crippen LogP contribution in [0.2, 0.25) is 5.02 Å². The number of carbonyl (C=O) groups excluding carboxylic acids is 1. The fourth-order valence-corrected chi connectivity index (χ4v) is 3.79. The second-order valence-corrected chi connectivity index (χ2v) is 6.20. The van der Waals surface area contributed by atoms with E-state index in [2.05, 4.69) is 0 Å². The van der Waals surface area contributed by atoms with Gasteiger partial charge in [0.15, 0.2) is 0 Å². The first-order valence-electron chi connectivity index (χ1n) is 7.10. The van der Waals surface area contributed by atoms with Gasteiger partial charge in [0, 0.05) is 17.1 Å². The average molecular weight is 354 g/mol. The quantitative estimate of drug-likeness (QED) is 0.667. The maximum atomic E-state index is 14.3. The minimum absolute atomic E-state index is 0.0439. The molecule has 0 aliphatic heterocycles. The second kappa shape index (κ2) is 5.94. The molecular formula is C16H13ClFNO3S. The lowest BCUT2D eigenvalue weighted by Crippen LogP contribution is -2.21. The highest BCUT2D eigenvalue weighted by Crippen LogP contribution is 2.30. The van der Waals surface area contributed by atoms with Gasteiger partial charge in [-0.3, -0.25) is 4.79 Å². The number of carbonyl (C=O) groups is 1. The smallest absolute Gasteiger partial charge is 0.345 e. The Morgan fingerprint density at radius 1 is 1.43 bits per heavy atom. The maximum absolute atomic E-state index is 14.3. The summed E-state index contributed by atoms with van der Waals surface area (Å²) in [5.41, 5.74) is 0.116. The van der Waals surface area contributed by atoms with Crippen molar-refractivity contribution in [1.29, 1.82) is 0 Å². The Morgan fingerprint density at radius 2 is 2.17 bits per heavy atom. The van der Waals surface area contributed by atoms with Crippen LogP contribution in [0.3, 0.4) is 0 Å². The van der Waals surface area contributed by atoms with Gasteiger partial charge in [-0.05, 0) is 19.4 Å². The summed E-state index contributed by atoms with van der Waals surface area (Å²) < 4.78 is 21.0. The van der Waals surface area contributed by atoms with Crippen LogP contribution < -0.4 is 5.43 Å². The van der Waals surface area contributed by atoms with Crippen molar-refractivity contribution in [1.82, 2.24) is 4.40 Å². The molecule has 1 aromatic carbocycles. The van der Waals surface area contributed by atoms with Crippen LogP contribution >= 0.6 is 22.9 Å². The van der Waals surface area contributed by atoms with Crippen LogP contribution in [-0.2, 0) is 11.2 Å². The Labute approximate surface area is 140 Å². The third-order valence-electron chi connectivity index (χ3n) is 3.67. The normalized spacial score (nSPS) is 11.3. The fraction of sp³-hybridized carbons (Fsp3) is 0.250. The summed E-state index contributed by atoms with van der Waals surface area (Å²) in [6.45, 7) is 3.56. The first-order valence-corrected chi connectivity index (χ1v) is 8.36. The number of esters is 1. The number of hydrogen-bond acceptors (Lipinski definition) is 4. The number of hydrogen-bond donors (Lipinski definition) is 0. The highest BCUT2D eigenvalue weighted by Gasteiger charge is 2.24. The molecule has 2 aromatic heterocycles. The van der Waals surface area contributed by atoms with Gasteiger partial charge in [0.25, 0.3) is 0 Å². The third-order valence-corrected chi connectivity index (χ3v) is 4.82. The van der Waals surface area contributed by atoms with Crippen LogP contribution in [0, 0.1) is 5.82 Å². The van der Waals surface area contributed by atoms with E-state index in [-0.39, 0.29) is 34.6 Å². The monoisotopic (exact) mass is 353 g/mol. The molecule has 0 unspecified atom stereocenters. The van der Waals surface area contributed by atoms with Gasteiger partial charge in [-0.2, -0.15) is 0 Å². The summed E-state index contributed by atoms with van der Waals surface area (Å²) in [7, 11) is 0. The average Bonchev–Trinajstić information content (AvgIpc) is 2.98. The van der Waals surface area contributed by atoms with Gasteiger partial charge in [0.1, 0.15) is 16.2 Å². The number of rotatable bonds is 3. The molecule has 2 heterocycles. The third kappa shape index (κ3) is 2.33. The van der Waals surface area contributed by atoms with Crippen LogP contribution in [-0.4, -0.2) is 17.0 Å².